The van der Waals surface area contributed by atoms with E-state index in [9.17, 15) is 0 Å². The number of likely N-dealkylation sites (tertiary alicyclic amines) is 1. The van der Waals surface area contributed by atoms with E-state index >= 15 is 0 Å². The monoisotopic (exact) mass is 312 g/mol. The molecule has 0 aromatic heterocycles. The Kier molecular flexibility index (Phi) is 7.81. The van der Waals surface area contributed by atoms with Crippen molar-refractivity contribution in [2.45, 2.75) is 30.6 Å². The van der Waals surface area contributed by atoms with Crippen molar-refractivity contribution in [3.8, 4) is 0 Å². The fourth-order valence-electron chi connectivity index (χ4n) is 2.51. The molecule has 0 radical (unpaired) electrons. The first kappa shape index (κ1) is 16.2. The molecule has 112 valence electrons. The smallest absolute Gasteiger partial charge is 0.0406 e. The maximum absolute atomic E-state index is 5.87. The van der Waals surface area contributed by atoms with Crippen molar-refractivity contribution < 1.29 is 0 Å². The quantitative estimate of drug-likeness (QED) is 0.579. The highest BCUT2D eigenvalue weighted by atomic mass is 35.5. The van der Waals surface area contributed by atoms with Crippen molar-refractivity contribution in [1.82, 2.24) is 10.2 Å². The molecule has 0 unspecified atom stereocenters. The minimum atomic E-state index is 0.810. The summed E-state index contributed by atoms with van der Waals surface area (Å²) in [6, 6.07) is 8.08. The number of piperidine rings is 1. The van der Waals surface area contributed by atoms with E-state index in [4.69, 9.17) is 11.6 Å². The van der Waals surface area contributed by atoms with Gasteiger partial charge in [0.1, 0.15) is 0 Å². The van der Waals surface area contributed by atoms with Crippen LogP contribution in [0.2, 0.25) is 5.02 Å². The van der Waals surface area contributed by atoms with Gasteiger partial charge in [0.25, 0.3) is 0 Å². The van der Waals surface area contributed by atoms with Crippen LogP contribution in [-0.2, 0) is 0 Å². The van der Waals surface area contributed by atoms with Gasteiger partial charge in [0.15, 0.2) is 0 Å². The predicted molar refractivity (Wildman–Crippen MR) is 90.0 cm³/mol. The van der Waals surface area contributed by atoms with E-state index in [1.807, 2.05) is 23.9 Å². The average molecular weight is 313 g/mol. The number of halogens is 1. The van der Waals surface area contributed by atoms with Gasteiger partial charge in [0.2, 0.25) is 0 Å². The van der Waals surface area contributed by atoms with E-state index in [0.717, 1.165) is 23.9 Å². The second-order valence-corrected chi connectivity index (χ2v) is 6.91. The Bertz CT molecular complexity index is 363. The highest BCUT2D eigenvalue weighted by Crippen LogP contribution is 2.19. The fraction of sp³-hybridized carbons (Fsp3) is 0.625. The highest BCUT2D eigenvalue weighted by Gasteiger charge is 2.08. The molecule has 1 aliphatic heterocycles. The Balaban J connectivity index is 1.44. The summed E-state index contributed by atoms with van der Waals surface area (Å²) in [5.74, 6) is 1.12. The van der Waals surface area contributed by atoms with Crippen molar-refractivity contribution >= 4 is 23.4 Å². The highest BCUT2D eigenvalue weighted by molar-refractivity contribution is 7.99. The lowest BCUT2D eigenvalue weighted by Gasteiger charge is -2.26. The van der Waals surface area contributed by atoms with Gasteiger partial charge in [-0.15, -0.1) is 11.8 Å². The number of thioether (sulfide) groups is 1. The van der Waals surface area contributed by atoms with Gasteiger partial charge in [0, 0.05) is 22.2 Å². The second kappa shape index (κ2) is 9.67. The number of hydrogen-bond donors (Lipinski definition) is 1. The molecular formula is C16H25ClN2S. The van der Waals surface area contributed by atoms with Crippen LogP contribution in [0.15, 0.2) is 29.2 Å². The minimum Gasteiger partial charge on any atom is -0.316 e. The molecule has 4 heteroatoms. The number of hydrogen-bond acceptors (Lipinski definition) is 3. The molecule has 20 heavy (non-hydrogen) atoms. The first-order chi connectivity index (χ1) is 9.84. The lowest BCUT2D eigenvalue weighted by atomic mass is 10.1. The van der Waals surface area contributed by atoms with Gasteiger partial charge in [-0.2, -0.15) is 0 Å². The largest absolute Gasteiger partial charge is 0.316 e. The number of nitrogens with one attached hydrogen (secondary N) is 1. The molecule has 0 saturated carbocycles. The third-order valence-corrected chi connectivity index (χ3v) is 4.90. The maximum Gasteiger partial charge on any atom is 0.0406 e. The molecular weight excluding hydrogens is 288 g/mol. The molecule has 0 atom stereocenters. The van der Waals surface area contributed by atoms with E-state index in [1.54, 1.807) is 0 Å². The van der Waals surface area contributed by atoms with Crippen LogP contribution in [0.3, 0.4) is 0 Å². The molecule has 1 aromatic rings. The lowest BCUT2D eigenvalue weighted by molar-refractivity contribution is 0.226. The zero-order valence-electron chi connectivity index (χ0n) is 12.1. The van der Waals surface area contributed by atoms with Crippen molar-refractivity contribution in [3.63, 3.8) is 0 Å². The molecule has 1 heterocycles. The molecule has 1 aliphatic rings. The van der Waals surface area contributed by atoms with Crippen LogP contribution in [0.5, 0.6) is 0 Å². The summed E-state index contributed by atoms with van der Waals surface area (Å²) in [5.41, 5.74) is 0. The molecule has 0 spiro atoms. The van der Waals surface area contributed by atoms with Gasteiger partial charge in [-0.3, -0.25) is 0 Å². The second-order valence-electron chi connectivity index (χ2n) is 5.31. The molecule has 2 nitrogen and oxygen atoms in total. The normalized spacial score (nSPS) is 16.4. The van der Waals surface area contributed by atoms with Crippen molar-refractivity contribution in [1.29, 1.82) is 0 Å². The van der Waals surface area contributed by atoms with Crippen LogP contribution in [-0.4, -0.2) is 43.4 Å². The van der Waals surface area contributed by atoms with Gasteiger partial charge in [-0.25, -0.2) is 0 Å². The van der Waals surface area contributed by atoms with E-state index in [0.29, 0.717) is 0 Å². The Morgan fingerprint density at radius 3 is 2.55 bits per heavy atom. The SMILES string of the molecule is Clc1ccc(SCCNCCCN2CCCCC2)cc1. The zero-order chi connectivity index (χ0) is 14.0. The van der Waals surface area contributed by atoms with Gasteiger partial charge in [0.05, 0.1) is 0 Å². The van der Waals surface area contributed by atoms with Gasteiger partial charge in [-0.05, 0) is 69.7 Å². The summed E-state index contributed by atoms with van der Waals surface area (Å²) in [7, 11) is 0. The molecule has 0 bridgehead atoms. The Hall–Kier alpha value is -0.220. The molecule has 1 fully saturated rings. The zero-order valence-corrected chi connectivity index (χ0v) is 13.7. The average Bonchev–Trinajstić information content (AvgIpc) is 2.49. The van der Waals surface area contributed by atoms with Crippen LogP contribution >= 0.6 is 23.4 Å². The summed E-state index contributed by atoms with van der Waals surface area (Å²) in [6.45, 7) is 6.10. The topological polar surface area (TPSA) is 15.3 Å². The van der Waals surface area contributed by atoms with E-state index in [-0.39, 0.29) is 0 Å². The first-order valence-corrected chi connectivity index (χ1v) is 9.02. The van der Waals surface area contributed by atoms with Crippen LogP contribution in [0.4, 0.5) is 0 Å². The molecule has 2 rings (SSSR count). The summed E-state index contributed by atoms with van der Waals surface area (Å²) >= 11 is 7.75. The first-order valence-electron chi connectivity index (χ1n) is 7.66. The number of nitrogens with zero attached hydrogens (tertiary/aromatic N) is 1. The van der Waals surface area contributed by atoms with Gasteiger partial charge < -0.3 is 10.2 Å². The summed E-state index contributed by atoms with van der Waals surface area (Å²) < 4.78 is 0. The standard InChI is InChI=1S/C16H25ClN2S/c17-15-5-7-16(8-6-15)20-14-10-18-9-4-13-19-11-2-1-3-12-19/h5-8,18H,1-4,9-14H2. The third kappa shape index (κ3) is 6.49. The van der Waals surface area contributed by atoms with E-state index in [1.165, 1.54) is 50.2 Å². The lowest BCUT2D eigenvalue weighted by Crippen LogP contribution is -2.32. The molecule has 1 saturated heterocycles. The van der Waals surface area contributed by atoms with Crippen molar-refractivity contribution in [2.75, 3.05) is 38.5 Å². The fourth-order valence-corrected chi connectivity index (χ4v) is 3.44. The summed E-state index contributed by atoms with van der Waals surface area (Å²) in [6.07, 6.45) is 5.48. The molecule has 0 amide bonds. The van der Waals surface area contributed by atoms with Crippen LogP contribution < -0.4 is 5.32 Å². The predicted octanol–water partition coefficient (Wildman–Crippen LogP) is 3.90. The number of benzene rings is 1. The molecule has 1 N–H and O–H groups in total. The van der Waals surface area contributed by atoms with Crippen molar-refractivity contribution in [2.24, 2.45) is 0 Å². The Morgan fingerprint density at radius 1 is 1.05 bits per heavy atom. The van der Waals surface area contributed by atoms with Crippen molar-refractivity contribution in [3.05, 3.63) is 29.3 Å². The minimum absolute atomic E-state index is 0.810. The summed E-state index contributed by atoms with van der Waals surface area (Å²) in [5, 5.41) is 4.34. The van der Waals surface area contributed by atoms with Crippen LogP contribution in [0.1, 0.15) is 25.7 Å². The number of rotatable bonds is 8. The van der Waals surface area contributed by atoms with Gasteiger partial charge >= 0.3 is 0 Å². The van der Waals surface area contributed by atoms with E-state index in [2.05, 4.69) is 22.3 Å². The van der Waals surface area contributed by atoms with E-state index < -0.39 is 0 Å². The van der Waals surface area contributed by atoms with Crippen LogP contribution in [0.25, 0.3) is 0 Å². The van der Waals surface area contributed by atoms with Gasteiger partial charge in [-0.1, -0.05) is 18.0 Å². The Morgan fingerprint density at radius 2 is 1.80 bits per heavy atom. The Labute approximate surface area is 132 Å². The molecule has 1 aromatic carbocycles. The summed E-state index contributed by atoms with van der Waals surface area (Å²) in [4.78, 5) is 3.90. The molecule has 0 aliphatic carbocycles. The van der Waals surface area contributed by atoms with Crippen LogP contribution in [0, 0.1) is 0 Å². The third-order valence-electron chi connectivity index (χ3n) is 3.64. The maximum atomic E-state index is 5.87.